The first-order chi connectivity index (χ1) is 7.29. The fraction of sp³-hybridized carbons (Fsp3) is 0.818. The summed E-state index contributed by atoms with van der Waals surface area (Å²) in [6.07, 6.45) is 1.64. The summed E-state index contributed by atoms with van der Waals surface area (Å²) in [5.74, 6) is -0.665. The van der Waals surface area contributed by atoms with Crippen molar-refractivity contribution < 1.29 is 14.3 Å². The molecule has 0 saturated carbocycles. The Kier molecular flexibility index (Phi) is 3.91. The average Bonchev–Trinajstić information content (AvgIpc) is 2.47. The van der Waals surface area contributed by atoms with Crippen LogP contribution in [0, 0.1) is 0 Å². The van der Waals surface area contributed by atoms with E-state index in [1.54, 1.807) is 4.90 Å². The van der Waals surface area contributed by atoms with Crippen molar-refractivity contribution in [3.8, 4) is 0 Å². The third-order valence-corrected chi connectivity index (χ3v) is 2.40. The zero-order chi connectivity index (χ0) is 12.3. The third kappa shape index (κ3) is 3.81. The van der Waals surface area contributed by atoms with Gasteiger partial charge in [0.15, 0.2) is 0 Å². The largest absolute Gasteiger partial charge is 0.459 e. The minimum Gasteiger partial charge on any atom is -0.459 e. The van der Waals surface area contributed by atoms with Crippen molar-refractivity contribution in [2.24, 2.45) is 5.73 Å². The Bertz CT molecular complexity index is 283. The van der Waals surface area contributed by atoms with Crippen LogP contribution in [-0.2, 0) is 14.3 Å². The van der Waals surface area contributed by atoms with E-state index < -0.39 is 11.5 Å². The molecule has 1 aliphatic heterocycles. The Morgan fingerprint density at radius 3 is 2.56 bits per heavy atom. The first-order valence-electron chi connectivity index (χ1n) is 5.55. The van der Waals surface area contributed by atoms with Gasteiger partial charge in [-0.15, -0.1) is 0 Å². The molecule has 0 spiro atoms. The number of esters is 1. The van der Waals surface area contributed by atoms with E-state index in [1.165, 1.54) is 0 Å². The highest BCUT2D eigenvalue weighted by atomic mass is 16.6. The summed E-state index contributed by atoms with van der Waals surface area (Å²) < 4.78 is 5.30. The molecule has 1 rings (SSSR count). The molecule has 1 saturated heterocycles. The van der Waals surface area contributed by atoms with Crippen LogP contribution in [0.2, 0.25) is 0 Å². The van der Waals surface area contributed by atoms with E-state index in [0.29, 0.717) is 0 Å². The van der Waals surface area contributed by atoms with Crippen LogP contribution in [0.5, 0.6) is 0 Å². The number of hydrogen-bond donors (Lipinski definition) is 1. The highest BCUT2D eigenvalue weighted by Gasteiger charge is 2.34. The quantitative estimate of drug-likeness (QED) is 0.704. The molecule has 2 N–H and O–H groups in total. The van der Waals surface area contributed by atoms with Gasteiger partial charge in [-0.2, -0.15) is 0 Å². The molecular formula is C11H20N2O3. The maximum Gasteiger partial charge on any atom is 0.323 e. The van der Waals surface area contributed by atoms with Gasteiger partial charge < -0.3 is 10.5 Å². The van der Waals surface area contributed by atoms with Crippen LogP contribution in [0.25, 0.3) is 0 Å². The molecule has 1 atom stereocenters. The Labute approximate surface area is 95.9 Å². The predicted molar refractivity (Wildman–Crippen MR) is 59.6 cm³/mol. The van der Waals surface area contributed by atoms with Crippen LogP contribution >= 0.6 is 0 Å². The Hall–Kier alpha value is -1.10. The summed E-state index contributed by atoms with van der Waals surface area (Å²) in [6, 6.07) is -0.313. The van der Waals surface area contributed by atoms with Gasteiger partial charge in [0.2, 0.25) is 5.91 Å². The average molecular weight is 228 g/mol. The van der Waals surface area contributed by atoms with E-state index in [-0.39, 0.29) is 18.6 Å². The summed E-state index contributed by atoms with van der Waals surface area (Å²) in [5, 5.41) is 0. The molecule has 0 aromatic rings. The number of nitrogens with zero attached hydrogens (tertiary/aromatic N) is 1. The Balaban J connectivity index is 2.57. The molecule has 5 nitrogen and oxygen atoms in total. The first kappa shape index (κ1) is 13.0. The van der Waals surface area contributed by atoms with Crippen LogP contribution in [0.15, 0.2) is 0 Å². The van der Waals surface area contributed by atoms with E-state index in [0.717, 1.165) is 19.4 Å². The lowest BCUT2D eigenvalue weighted by atomic mass is 10.1. The lowest BCUT2D eigenvalue weighted by molar-refractivity contribution is -0.160. The third-order valence-electron chi connectivity index (χ3n) is 2.40. The van der Waals surface area contributed by atoms with E-state index in [4.69, 9.17) is 10.5 Å². The molecule has 0 aromatic heterocycles. The molecule has 1 fully saturated rings. The molecule has 0 aliphatic carbocycles. The van der Waals surface area contributed by atoms with Gasteiger partial charge in [-0.05, 0) is 40.2 Å². The number of likely N-dealkylation sites (tertiary alicyclic amines) is 1. The second-order valence-electron chi connectivity index (χ2n) is 5.13. The minimum atomic E-state index is -0.488. The van der Waals surface area contributed by atoms with Gasteiger partial charge in [-0.25, -0.2) is 0 Å². The molecule has 0 unspecified atom stereocenters. The predicted octanol–water partition coefficient (Wildman–Crippen LogP) is 0.278. The van der Waals surface area contributed by atoms with Crippen LogP contribution in [0.1, 0.15) is 33.6 Å². The molecule has 1 amide bonds. The monoisotopic (exact) mass is 228 g/mol. The summed E-state index contributed by atoms with van der Waals surface area (Å²) in [4.78, 5) is 24.5. The number of amides is 1. The van der Waals surface area contributed by atoms with Gasteiger partial charge in [-0.3, -0.25) is 14.5 Å². The van der Waals surface area contributed by atoms with Crippen LogP contribution in [0.3, 0.4) is 0 Å². The van der Waals surface area contributed by atoms with Gasteiger partial charge in [0.1, 0.15) is 11.6 Å². The maximum atomic E-state index is 11.8. The molecule has 1 heterocycles. The van der Waals surface area contributed by atoms with E-state index in [2.05, 4.69) is 0 Å². The topological polar surface area (TPSA) is 72.6 Å². The normalized spacial score (nSPS) is 22.1. The zero-order valence-corrected chi connectivity index (χ0v) is 10.2. The first-order valence-corrected chi connectivity index (χ1v) is 5.55. The smallest absolute Gasteiger partial charge is 0.323 e. The zero-order valence-electron chi connectivity index (χ0n) is 10.2. The molecule has 0 aromatic carbocycles. The minimum absolute atomic E-state index is 0.129. The van der Waals surface area contributed by atoms with E-state index >= 15 is 0 Å². The van der Waals surface area contributed by atoms with Crippen molar-refractivity contribution in [2.75, 3.05) is 13.1 Å². The number of primary amides is 1. The number of hydrogen-bond acceptors (Lipinski definition) is 4. The van der Waals surface area contributed by atoms with Crippen LogP contribution < -0.4 is 5.73 Å². The summed E-state index contributed by atoms with van der Waals surface area (Å²) >= 11 is 0. The lowest BCUT2D eigenvalue weighted by Crippen LogP contribution is -2.44. The second-order valence-corrected chi connectivity index (χ2v) is 5.13. The second kappa shape index (κ2) is 4.82. The van der Waals surface area contributed by atoms with Crippen molar-refractivity contribution in [1.29, 1.82) is 0 Å². The van der Waals surface area contributed by atoms with Gasteiger partial charge in [0.05, 0.1) is 6.54 Å². The van der Waals surface area contributed by atoms with Crippen LogP contribution in [0.4, 0.5) is 0 Å². The molecule has 0 radical (unpaired) electrons. The summed E-state index contributed by atoms with van der Waals surface area (Å²) in [6.45, 7) is 6.35. The highest BCUT2D eigenvalue weighted by Crippen LogP contribution is 2.20. The van der Waals surface area contributed by atoms with Crippen molar-refractivity contribution in [3.63, 3.8) is 0 Å². The van der Waals surface area contributed by atoms with E-state index in [9.17, 15) is 9.59 Å². The van der Waals surface area contributed by atoms with Crippen molar-refractivity contribution in [2.45, 2.75) is 45.3 Å². The number of carbonyl (C=O) groups excluding carboxylic acids is 2. The molecule has 16 heavy (non-hydrogen) atoms. The number of carbonyl (C=O) groups is 2. The van der Waals surface area contributed by atoms with Crippen molar-refractivity contribution in [1.82, 2.24) is 4.90 Å². The van der Waals surface area contributed by atoms with Crippen molar-refractivity contribution >= 4 is 11.9 Å². The fourth-order valence-electron chi connectivity index (χ4n) is 1.85. The number of ether oxygens (including phenoxy) is 1. The molecular weight excluding hydrogens is 208 g/mol. The number of rotatable bonds is 3. The molecule has 1 aliphatic rings. The SMILES string of the molecule is CC(C)(C)OC(=O)[C@H]1CCCN1CC(N)=O. The fourth-order valence-corrected chi connectivity index (χ4v) is 1.85. The van der Waals surface area contributed by atoms with Gasteiger partial charge in [0, 0.05) is 0 Å². The molecule has 0 bridgehead atoms. The number of nitrogens with two attached hydrogens (primary N) is 1. The lowest BCUT2D eigenvalue weighted by Gasteiger charge is -2.26. The Morgan fingerprint density at radius 1 is 1.44 bits per heavy atom. The molecule has 92 valence electrons. The summed E-state index contributed by atoms with van der Waals surface area (Å²) in [5.41, 5.74) is 4.64. The molecule has 5 heteroatoms. The van der Waals surface area contributed by atoms with E-state index in [1.807, 2.05) is 20.8 Å². The summed E-state index contributed by atoms with van der Waals surface area (Å²) in [7, 11) is 0. The van der Waals surface area contributed by atoms with Crippen molar-refractivity contribution in [3.05, 3.63) is 0 Å². The maximum absolute atomic E-state index is 11.8. The van der Waals surface area contributed by atoms with Crippen LogP contribution in [-0.4, -0.2) is 41.5 Å². The van der Waals surface area contributed by atoms with Gasteiger partial charge in [0.25, 0.3) is 0 Å². The van der Waals surface area contributed by atoms with Gasteiger partial charge >= 0.3 is 5.97 Å². The Morgan fingerprint density at radius 2 is 2.06 bits per heavy atom. The standard InChI is InChI=1S/C11H20N2O3/c1-11(2,3)16-10(15)8-5-4-6-13(8)7-9(12)14/h8H,4-7H2,1-3H3,(H2,12,14)/t8-/m1/s1. The highest BCUT2D eigenvalue weighted by molar-refractivity contribution is 5.79. The van der Waals surface area contributed by atoms with Gasteiger partial charge in [-0.1, -0.05) is 0 Å².